The van der Waals surface area contributed by atoms with Gasteiger partial charge in [-0.2, -0.15) is 0 Å². The topological polar surface area (TPSA) is 23.5 Å². The molecule has 2 nitrogen and oxygen atoms in total. The minimum Gasteiger partial charge on any atom is -0.507 e. The number of phenols is 1. The van der Waals surface area contributed by atoms with Crippen molar-refractivity contribution in [2.24, 2.45) is 0 Å². The lowest BCUT2D eigenvalue weighted by Gasteiger charge is -2.13. The van der Waals surface area contributed by atoms with Crippen molar-refractivity contribution in [3.63, 3.8) is 0 Å². The molecule has 1 aliphatic rings. The molecule has 1 unspecified atom stereocenters. The van der Waals surface area contributed by atoms with Gasteiger partial charge in [0.25, 0.3) is 0 Å². The van der Waals surface area contributed by atoms with Gasteiger partial charge in [0.15, 0.2) is 0 Å². The zero-order valence-electron chi connectivity index (χ0n) is 15.6. The molecule has 1 heterocycles. The molecule has 0 radical (unpaired) electrons. The van der Waals surface area contributed by atoms with Gasteiger partial charge in [-0.15, -0.1) is 0 Å². The van der Waals surface area contributed by atoms with Crippen LogP contribution in [0.15, 0.2) is 30.3 Å². The Hall–Kier alpha value is -1.70. The largest absolute Gasteiger partial charge is 0.507 e. The third-order valence-corrected chi connectivity index (χ3v) is 3.49. The summed E-state index contributed by atoms with van der Waals surface area (Å²) in [4.78, 5) is 2.21. The Morgan fingerprint density at radius 2 is 1.45 bits per heavy atom. The lowest BCUT2D eigenvalue weighted by molar-refractivity contribution is 0.481. The standard InChI is InChI=1S/C14H15NO.3C2H6/c1-9-8-15(2)12-7-13(16)10-5-3-4-6-11(10)14(9)12;3*1-2/h3-7,9,16H,8H2,1-2H3;3*1-2H3. The summed E-state index contributed by atoms with van der Waals surface area (Å²) in [5, 5.41) is 12.2. The van der Waals surface area contributed by atoms with Gasteiger partial charge in [-0.25, -0.2) is 0 Å². The molecular weight excluding hydrogens is 270 g/mol. The Morgan fingerprint density at radius 1 is 0.955 bits per heavy atom. The van der Waals surface area contributed by atoms with Crippen LogP contribution < -0.4 is 4.90 Å². The van der Waals surface area contributed by atoms with Crippen LogP contribution in [-0.4, -0.2) is 18.7 Å². The second-order valence-electron chi connectivity index (χ2n) is 4.66. The lowest BCUT2D eigenvalue weighted by atomic mass is 9.96. The summed E-state index contributed by atoms with van der Waals surface area (Å²) in [7, 11) is 2.08. The smallest absolute Gasteiger partial charge is 0.125 e. The third-order valence-electron chi connectivity index (χ3n) is 3.49. The molecule has 1 N–H and O–H groups in total. The number of hydrogen-bond acceptors (Lipinski definition) is 2. The fourth-order valence-corrected chi connectivity index (χ4v) is 2.80. The van der Waals surface area contributed by atoms with Crippen molar-refractivity contribution < 1.29 is 5.11 Å². The second kappa shape index (κ2) is 10.1. The highest BCUT2D eigenvalue weighted by Crippen LogP contribution is 2.43. The van der Waals surface area contributed by atoms with Gasteiger partial charge in [0.1, 0.15) is 5.75 Å². The predicted octanol–water partition coefficient (Wildman–Crippen LogP) is 6.18. The predicted molar refractivity (Wildman–Crippen MR) is 101 cm³/mol. The molecule has 1 atom stereocenters. The molecule has 22 heavy (non-hydrogen) atoms. The highest BCUT2D eigenvalue weighted by molar-refractivity contribution is 5.96. The van der Waals surface area contributed by atoms with Crippen LogP contribution in [0.2, 0.25) is 0 Å². The molecule has 0 saturated carbocycles. The van der Waals surface area contributed by atoms with Crippen LogP contribution in [0.5, 0.6) is 5.75 Å². The summed E-state index contributed by atoms with van der Waals surface area (Å²) in [6.45, 7) is 15.3. The molecule has 0 amide bonds. The SMILES string of the molecule is CC.CC.CC.CC1CN(C)c2cc(O)c3ccccc3c21. The average molecular weight is 303 g/mol. The van der Waals surface area contributed by atoms with Gasteiger partial charge in [-0.3, -0.25) is 0 Å². The second-order valence-corrected chi connectivity index (χ2v) is 4.66. The fourth-order valence-electron chi connectivity index (χ4n) is 2.80. The molecule has 3 rings (SSSR count). The Kier molecular flexibility index (Phi) is 9.32. The first-order chi connectivity index (χ1) is 10.7. The van der Waals surface area contributed by atoms with Crippen LogP contribution in [0.4, 0.5) is 5.69 Å². The summed E-state index contributed by atoms with van der Waals surface area (Å²) in [6.07, 6.45) is 0. The molecule has 0 aromatic heterocycles. The van der Waals surface area contributed by atoms with E-state index < -0.39 is 0 Å². The summed E-state index contributed by atoms with van der Waals surface area (Å²) < 4.78 is 0. The van der Waals surface area contributed by atoms with E-state index in [1.165, 1.54) is 16.6 Å². The minimum absolute atomic E-state index is 0.385. The molecule has 2 aromatic rings. The highest BCUT2D eigenvalue weighted by Gasteiger charge is 2.26. The Labute approximate surface area is 136 Å². The lowest BCUT2D eigenvalue weighted by Crippen LogP contribution is -2.13. The number of benzene rings is 2. The molecule has 0 aliphatic carbocycles. The first-order valence-electron chi connectivity index (χ1n) is 8.64. The van der Waals surface area contributed by atoms with Crippen LogP contribution in [-0.2, 0) is 0 Å². The van der Waals surface area contributed by atoms with Crippen molar-refractivity contribution in [3.8, 4) is 5.75 Å². The van der Waals surface area contributed by atoms with Gasteiger partial charge in [-0.1, -0.05) is 72.7 Å². The van der Waals surface area contributed by atoms with Crippen molar-refractivity contribution in [3.05, 3.63) is 35.9 Å². The van der Waals surface area contributed by atoms with Crippen molar-refractivity contribution in [2.45, 2.75) is 54.4 Å². The number of anilines is 1. The van der Waals surface area contributed by atoms with Gasteiger partial charge >= 0.3 is 0 Å². The van der Waals surface area contributed by atoms with Crippen LogP contribution in [0.3, 0.4) is 0 Å². The first-order valence-corrected chi connectivity index (χ1v) is 8.64. The van der Waals surface area contributed by atoms with Crippen molar-refractivity contribution in [1.29, 1.82) is 0 Å². The van der Waals surface area contributed by atoms with Gasteiger partial charge in [0, 0.05) is 36.7 Å². The maximum absolute atomic E-state index is 10.0. The van der Waals surface area contributed by atoms with E-state index in [1.807, 2.05) is 65.8 Å². The van der Waals surface area contributed by atoms with Crippen molar-refractivity contribution >= 4 is 16.5 Å². The number of hydrogen-bond donors (Lipinski definition) is 1. The van der Waals surface area contributed by atoms with Gasteiger partial charge < -0.3 is 10.0 Å². The monoisotopic (exact) mass is 303 g/mol. The van der Waals surface area contributed by atoms with Crippen LogP contribution in [0.1, 0.15) is 59.9 Å². The van der Waals surface area contributed by atoms with Crippen LogP contribution in [0, 0.1) is 0 Å². The van der Waals surface area contributed by atoms with E-state index in [4.69, 9.17) is 0 Å². The molecule has 2 aromatic carbocycles. The van der Waals surface area contributed by atoms with Gasteiger partial charge in [-0.05, 0) is 10.9 Å². The summed E-state index contributed by atoms with van der Waals surface area (Å²) in [5.74, 6) is 0.917. The Bertz CT molecular complexity index is 563. The maximum atomic E-state index is 10.0. The van der Waals surface area contributed by atoms with E-state index in [0.717, 1.165) is 11.9 Å². The normalized spacial score (nSPS) is 14.7. The Balaban J connectivity index is 0.000000661. The molecule has 0 bridgehead atoms. The number of fused-ring (bicyclic) bond motifs is 3. The number of nitrogens with zero attached hydrogens (tertiary/aromatic N) is 1. The van der Waals surface area contributed by atoms with E-state index >= 15 is 0 Å². The number of phenolic OH excluding ortho intramolecular Hbond substituents is 1. The highest BCUT2D eigenvalue weighted by atomic mass is 16.3. The molecule has 1 aliphatic heterocycles. The molecule has 0 saturated heterocycles. The number of likely N-dealkylation sites (N-methyl/N-ethyl adjacent to an activating group) is 1. The molecule has 0 spiro atoms. The van der Waals surface area contributed by atoms with E-state index in [9.17, 15) is 5.11 Å². The number of aromatic hydroxyl groups is 1. The zero-order chi connectivity index (χ0) is 17.3. The molecule has 2 heteroatoms. The molecule has 0 fully saturated rings. The zero-order valence-corrected chi connectivity index (χ0v) is 15.6. The summed E-state index contributed by atoms with van der Waals surface area (Å²) in [5.41, 5.74) is 2.54. The van der Waals surface area contributed by atoms with Crippen LogP contribution in [0.25, 0.3) is 10.8 Å². The van der Waals surface area contributed by atoms with E-state index in [0.29, 0.717) is 11.7 Å². The van der Waals surface area contributed by atoms with Gasteiger partial charge in [0.2, 0.25) is 0 Å². The van der Waals surface area contributed by atoms with Crippen molar-refractivity contribution in [1.82, 2.24) is 0 Å². The van der Waals surface area contributed by atoms with Crippen molar-refractivity contribution in [2.75, 3.05) is 18.5 Å². The van der Waals surface area contributed by atoms with Gasteiger partial charge in [0.05, 0.1) is 0 Å². The quantitative estimate of drug-likeness (QED) is 0.628. The number of rotatable bonds is 0. The average Bonchev–Trinajstić information content (AvgIpc) is 2.88. The maximum Gasteiger partial charge on any atom is 0.125 e. The van der Waals surface area contributed by atoms with Crippen LogP contribution >= 0.6 is 0 Å². The Morgan fingerprint density at radius 3 is 2.00 bits per heavy atom. The van der Waals surface area contributed by atoms with E-state index in [1.54, 1.807) is 0 Å². The van der Waals surface area contributed by atoms with E-state index in [2.05, 4.69) is 24.9 Å². The summed E-state index contributed by atoms with van der Waals surface area (Å²) in [6, 6.07) is 9.98. The molecule has 124 valence electrons. The minimum atomic E-state index is 0.385. The van der Waals surface area contributed by atoms with E-state index in [-0.39, 0.29) is 0 Å². The summed E-state index contributed by atoms with van der Waals surface area (Å²) >= 11 is 0. The third kappa shape index (κ3) is 3.94. The fraction of sp³-hybridized carbons (Fsp3) is 0.500. The first kappa shape index (κ1) is 20.3. The molecular formula is C20H33NO.